The lowest BCUT2D eigenvalue weighted by Crippen LogP contribution is -1.96. The molecule has 0 fully saturated rings. The van der Waals surface area contributed by atoms with E-state index in [-0.39, 0.29) is 6.10 Å². The Balaban J connectivity index is 2.99. The first-order valence-corrected chi connectivity index (χ1v) is 3.60. The third-order valence-electron chi connectivity index (χ3n) is 1.15. The van der Waals surface area contributed by atoms with Crippen LogP contribution in [0, 0.1) is 0 Å². The fraction of sp³-hybridized carbons (Fsp3) is 0.750. The van der Waals surface area contributed by atoms with Crippen molar-refractivity contribution in [2.75, 3.05) is 0 Å². The Morgan fingerprint density at radius 2 is 2.11 bits per heavy atom. The van der Waals surface area contributed by atoms with Gasteiger partial charge in [-0.25, -0.2) is 0 Å². The zero-order valence-electron chi connectivity index (χ0n) is 6.30. The van der Waals surface area contributed by atoms with Gasteiger partial charge in [0.2, 0.25) is 0 Å². The first-order chi connectivity index (χ1) is 4.27. The maximum absolute atomic E-state index is 8.82. The average molecular weight is 128 g/mol. The summed E-state index contributed by atoms with van der Waals surface area (Å²) in [5, 5.41) is 8.82. The summed E-state index contributed by atoms with van der Waals surface area (Å²) in [6, 6.07) is 0. The Bertz CT molecular complexity index is 74.6. The predicted molar refractivity (Wildman–Crippen MR) is 40.3 cm³/mol. The fourth-order valence-electron chi connectivity index (χ4n) is 0.622. The van der Waals surface area contributed by atoms with Gasteiger partial charge in [0.15, 0.2) is 0 Å². The Labute approximate surface area is 57.4 Å². The zero-order valence-corrected chi connectivity index (χ0v) is 6.30. The van der Waals surface area contributed by atoms with Gasteiger partial charge >= 0.3 is 0 Å². The molecule has 0 aromatic carbocycles. The first kappa shape index (κ1) is 8.70. The zero-order chi connectivity index (χ0) is 7.11. The summed E-state index contributed by atoms with van der Waals surface area (Å²) in [6.07, 6.45) is 7.09. The molecule has 0 unspecified atom stereocenters. The topological polar surface area (TPSA) is 20.2 Å². The summed E-state index contributed by atoms with van der Waals surface area (Å²) >= 11 is 0. The summed E-state index contributed by atoms with van der Waals surface area (Å²) in [4.78, 5) is 0. The van der Waals surface area contributed by atoms with Gasteiger partial charge in [-0.3, -0.25) is 0 Å². The second-order valence-electron chi connectivity index (χ2n) is 2.31. The molecule has 0 aromatic rings. The number of allylic oxidation sites excluding steroid dienone is 2. The molecule has 0 rings (SSSR count). The summed E-state index contributed by atoms with van der Waals surface area (Å²) < 4.78 is 0. The van der Waals surface area contributed by atoms with E-state index < -0.39 is 0 Å². The summed E-state index contributed by atoms with van der Waals surface area (Å²) in [7, 11) is 0. The number of aliphatic hydroxyl groups is 1. The maximum Gasteiger partial charge on any atom is 0.0515 e. The van der Waals surface area contributed by atoms with Gasteiger partial charge in [0.1, 0.15) is 0 Å². The minimum Gasteiger partial charge on any atom is -0.393 e. The van der Waals surface area contributed by atoms with Crippen molar-refractivity contribution in [1.82, 2.24) is 0 Å². The number of hydrogen-bond donors (Lipinski definition) is 1. The number of hydrogen-bond acceptors (Lipinski definition) is 1. The molecule has 0 aromatic heterocycles. The Morgan fingerprint density at radius 1 is 1.44 bits per heavy atom. The molecule has 0 radical (unpaired) electrons. The molecule has 0 bridgehead atoms. The molecule has 1 N–H and O–H groups in total. The SMILES string of the molecule is CC/C=C/CC[C@@H](C)O. The molecular weight excluding hydrogens is 112 g/mol. The van der Waals surface area contributed by atoms with Crippen molar-refractivity contribution in [3.63, 3.8) is 0 Å². The normalized spacial score (nSPS) is 14.6. The van der Waals surface area contributed by atoms with Crippen molar-refractivity contribution >= 4 is 0 Å². The molecule has 0 heterocycles. The highest BCUT2D eigenvalue weighted by Crippen LogP contribution is 1.96. The van der Waals surface area contributed by atoms with Crippen molar-refractivity contribution in [1.29, 1.82) is 0 Å². The van der Waals surface area contributed by atoms with E-state index in [0.717, 1.165) is 19.3 Å². The van der Waals surface area contributed by atoms with Crippen LogP contribution in [0.1, 0.15) is 33.1 Å². The fourth-order valence-corrected chi connectivity index (χ4v) is 0.622. The van der Waals surface area contributed by atoms with Gasteiger partial charge in [-0.15, -0.1) is 0 Å². The van der Waals surface area contributed by atoms with Crippen molar-refractivity contribution < 1.29 is 5.11 Å². The number of aliphatic hydroxyl groups excluding tert-OH is 1. The van der Waals surface area contributed by atoms with Crippen LogP contribution in [0.5, 0.6) is 0 Å². The maximum atomic E-state index is 8.82. The van der Waals surface area contributed by atoms with Gasteiger partial charge in [-0.05, 0) is 26.2 Å². The quantitative estimate of drug-likeness (QED) is 0.575. The van der Waals surface area contributed by atoms with Crippen LogP contribution in [-0.2, 0) is 0 Å². The highest BCUT2D eigenvalue weighted by atomic mass is 16.3. The summed E-state index contributed by atoms with van der Waals surface area (Å²) in [5.41, 5.74) is 0. The van der Waals surface area contributed by atoms with E-state index >= 15 is 0 Å². The van der Waals surface area contributed by atoms with Crippen LogP contribution in [0.15, 0.2) is 12.2 Å². The second-order valence-corrected chi connectivity index (χ2v) is 2.31. The van der Waals surface area contributed by atoms with Crippen LogP contribution in [0.3, 0.4) is 0 Å². The third-order valence-corrected chi connectivity index (χ3v) is 1.15. The van der Waals surface area contributed by atoms with Gasteiger partial charge < -0.3 is 5.11 Å². The van der Waals surface area contributed by atoms with Gasteiger partial charge in [-0.1, -0.05) is 19.1 Å². The Hall–Kier alpha value is -0.300. The van der Waals surface area contributed by atoms with Crippen LogP contribution in [0.4, 0.5) is 0 Å². The molecule has 54 valence electrons. The van der Waals surface area contributed by atoms with Gasteiger partial charge in [-0.2, -0.15) is 0 Å². The molecule has 0 saturated heterocycles. The number of rotatable bonds is 4. The molecule has 0 aliphatic heterocycles. The minimum atomic E-state index is -0.147. The van der Waals surface area contributed by atoms with Crippen molar-refractivity contribution in [2.24, 2.45) is 0 Å². The van der Waals surface area contributed by atoms with E-state index in [2.05, 4.69) is 19.1 Å². The van der Waals surface area contributed by atoms with Crippen LogP contribution < -0.4 is 0 Å². The standard InChI is InChI=1S/C8H16O/c1-3-4-5-6-7-8(2)9/h4-5,8-9H,3,6-7H2,1-2H3/b5-4+/t8-/m1/s1. The van der Waals surface area contributed by atoms with Crippen molar-refractivity contribution in [2.45, 2.75) is 39.2 Å². The highest BCUT2D eigenvalue weighted by Gasteiger charge is 1.89. The van der Waals surface area contributed by atoms with E-state index in [1.807, 2.05) is 6.92 Å². The van der Waals surface area contributed by atoms with Crippen LogP contribution in [0.25, 0.3) is 0 Å². The molecular formula is C8H16O. The minimum absolute atomic E-state index is 0.147. The van der Waals surface area contributed by atoms with Crippen LogP contribution >= 0.6 is 0 Å². The van der Waals surface area contributed by atoms with Crippen LogP contribution in [-0.4, -0.2) is 11.2 Å². The summed E-state index contributed by atoms with van der Waals surface area (Å²) in [5.74, 6) is 0. The highest BCUT2D eigenvalue weighted by molar-refractivity contribution is 4.80. The molecule has 0 aliphatic carbocycles. The Kier molecular flexibility index (Phi) is 5.64. The van der Waals surface area contributed by atoms with E-state index in [1.165, 1.54) is 0 Å². The lowest BCUT2D eigenvalue weighted by molar-refractivity contribution is 0.186. The lowest BCUT2D eigenvalue weighted by atomic mass is 10.2. The molecule has 1 atom stereocenters. The van der Waals surface area contributed by atoms with Gasteiger partial charge in [0.25, 0.3) is 0 Å². The molecule has 0 spiro atoms. The van der Waals surface area contributed by atoms with Crippen molar-refractivity contribution in [3.05, 3.63) is 12.2 Å². The smallest absolute Gasteiger partial charge is 0.0515 e. The van der Waals surface area contributed by atoms with Crippen LogP contribution in [0.2, 0.25) is 0 Å². The molecule has 1 heteroatoms. The lowest BCUT2D eigenvalue weighted by Gasteiger charge is -1.97. The predicted octanol–water partition coefficient (Wildman–Crippen LogP) is 2.11. The van der Waals surface area contributed by atoms with Crippen molar-refractivity contribution in [3.8, 4) is 0 Å². The third kappa shape index (κ3) is 7.70. The van der Waals surface area contributed by atoms with E-state index in [1.54, 1.807) is 0 Å². The Morgan fingerprint density at radius 3 is 2.56 bits per heavy atom. The molecule has 0 saturated carbocycles. The van der Waals surface area contributed by atoms with E-state index in [0.29, 0.717) is 0 Å². The van der Waals surface area contributed by atoms with E-state index in [4.69, 9.17) is 5.11 Å². The second kappa shape index (κ2) is 5.83. The average Bonchev–Trinajstić information content (AvgIpc) is 1.80. The largest absolute Gasteiger partial charge is 0.393 e. The summed E-state index contributed by atoms with van der Waals surface area (Å²) in [6.45, 7) is 3.93. The van der Waals surface area contributed by atoms with Gasteiger partial charge in [0, 0.05) is 0 Å². The first-order valence-electron chi connectivity index (χ1n) is 3.60. The van der Waals surface area contributed by atoms with E-state index in [9.17, 15) is 0 Å². The molecule has 0 amide bonds. The molecule has 1 nitrogen and oxygen atoms in total. The molecule has 9 heavy (non-hydrogen) atoms. The monoisotopic (exact) mass is 128 g/mol. The molecule has 0 aliphatic rings. The van der Waals surface area contributed by atoms with Gasteiger partial charge in [0.05, 0.1) is 6.10 Å².